The maximum Gasteiger partial charge on any atom is 0.181 e. The summed E-state index contributed by atoms with van der Waals surface area (Å²) < 4.78 is 32.1. The molecule has 0 amide bonds. The van der Waals surface area contributed by atoms with Gasteiger partial charge in [0.2, 0.25) is 0 Å². The van der Waals surface area contributed by atoms with Gasteiger partial charge in [0.15, 0.2) is 9.84 Å². The molecule has 1 saturated heterocycles. The second-order valence-corrected chi connectivity index (χ2v) is 12.3. The molecule has 1 saturated carbocycles. The van der Waals surface area contributed by atoms with Gasteiger partial charge >= 0.3 is 0 Å². The van der Waals surface area contributed by atoms with E-state index in [1.165, 1.54) is 0 Å². The molecule has 0 atom stereocenters. The average molecular weight is 506 g/mol. The highest BCUT2D eigenvalue weighted by Crippen LogP contribution is 2.40. The fourth-order valence-electron chi connectivity index (χ4n) is 5.17. The summed E-state index contributed by atoms with van der Waals surface area (Å²) in [6.07, 6.45) is 4.76. The van der Waals surface area contributed by atoms with Crippen LogP contribution in [0.15, 0.2) is 53.6 Å². The number of nitrogens with one attached hydrogen (secondary N) is 1. The minimum atomic E-state index is -3.28. The monoisotopic (exact) mass is 505 g/mol. The van der Waals surface area contributed by atoms with Gasteiger partial charge < -0.3 is 14.8 Å². The van der Waals surface area contributed by atoms with Crippen LogP contribution in [0.3, 0.4) is 0 Å². The average Bonchev–Trinajstić information content (AvgIpc) is 3.68. The van der Waals surface area contributed by atoms with Crippen LogP contribution >= 0.6 is 0 Å². The van der Waals surface area contributed by atoms with Gasteiger partial charge in [0, 0.05) is 36.6 Å². The van der Waals surface area contributed by atoms with Gasteiger partial charge in [-0.1, -0.05) is 12.1 Å². The third kappa shape index (κ3) is 4.38. The molecule has 0 radical (unpaired) electrons. The minimum absolute atomic E-state index is 0.186. The molecule has 0 unspecified atom stereocenters. The fourth-order valence-corrected chi connectivity index (χ4v) is 6.87. The maximum atomic E-state index is 12.9. The zero-order valence-corrected chi connectivity index (χ0v) is 21.2. The molecule has 3 heterocycles. The topological polar surface area (TPSA) is 95.5 Å². The first-order chi connectivity index (χ1) is 17.4. The van der Waals surface area contributed by atoms with E-state index >= 15 is 0 Å². The first kappa shape index (κ1) is 23.5. The molecule has 7 nitrogen and oxygen atoms in total. The van der Waals surface area contributed by atoms with Crippen LogP contribution in [-0.4, -0.2) is 66.0 Å². The number of hydrogen-bond acceptors (Lipinski definition) is 6. The molecule has 2 aliphatic rings. The molecular weight excluding hydrogens is 474 g/mol. The van der Waals surface area contributed by atoms with E-state index in [0.29, 0.717) is 11.5 Å². The number of hydrogen-bond donors (Lipinski definition) is 2. The molecule has 2 aromatic carbocycles. The van der Waals surface area contributed by atoms with Crippen LogP contribution < -0.4 is 4.74 Å². The first-order valence-electron chi connectivity index (χ1n) is 12.7. The van der Waals surface area contributed by atoms with E-state index in [1.807, 2.05) is 37.4 Å². The number of likely N-dealkylation sites (tertiary alicyclic amines) is 1. The summed E-state index contributed by atoms with van der Waals surface area (Å²) >= 11 is 0. The Labute approximate surface area is 211 Å². The number of ether oxygens (including phenoxy) is 1. The van der Waals surface area contributed by atoms with Crippen molar-refractivity contribution in [2.24, 2.45) is 0 Å². The van der Waals surface area contributed by atoms with Gasteiger partial charge in [-0.05, 0) is 79.6 Å². The first-order valence-corrected chi connectivity index (χ1v) is 14.2. The molecule has 1 aliphatic heterocycles. The lowest BCUT2D eigenvalue weighted by Crippen LogP contribution is -2.38. The molecule has 36 heavy (non-hydrogen) atoms. The zero-order chi connectivity index (χ0) is 24.9. The highest BCUT2D eigenvalue weighted by atomic mass is 32.2. The van der Waals surface area contributed by atoms with Crippen molar-refractivity contribution in [3.05, 3.63) is 54.2 Å². The van der Waals surface area contributed by atoms with Gasteiger partial charge in [0.25, 0.3) is 0 Å². The number of fused-ring (bicyclic) bond motifs is 3. The quantitative estimate of drug-likeness (QED) is 0.385. The van der Waals surface area contributed by atoms with Crippen LogP contribution in [0.2, 0.25) is 0 Å². The lowest BCUT2D eigenvalue weighted by molar-refractivity contribution is 0.0756. The third-order valence-corrected chi connectivity index (χ3v) is 9.62. The van der Waals surface area contributed by atoms with Crippen LogP contribution in [-0.2, 0) is 9.84 Å². The van der Waals surface area contributed by atoms with Gasteiger partial charge in [0.05, 0.1) is 21.8 Å². The summed E-state index contributed by atoms with van der Waals surface area (Å²) in [5.41, 5.74) is 4.51. The minimum Gasteiger partial charge on any atom is -0.490 e. The van der Waals surface area contributed by atoms with Gasteiger partial charge in [0.1, 0.15) is 18.0 Å². The zero-order valence-electron chi connectivity index (χ0n) is 20.4. The smallest absolute Gasteiger partial charge is 0.181 e. The summed E-state index contributed by atoms with van der Waals surface area (Å²) in [4.78, 5) is 10.8. The van der Waals surface area contributed by atoms with E-state index in [4.69, 9.17) is 4.74 Å². The number of piperidine rings is 1. The lowest BCUT2D eigenvalue weighted by atomic mass is 9.99. The summed E-state index contributed by atoms with van der Waals surface area (Å²) in [6, 6.07) is 13.4. The SMILES string of the molecule is Cc1cnc2[nH]c3c(OCCN4CCC(O)CC4)ccc(-c4cccc(S(=O)(=O)C5CC5)c4)c3c2c1. The molecule has 8 heteroatoms. The van der Waals surface area contributed by atoms with E-state index in [9.17, 15) is 13.5 Å². The number of sulfone groups is 1. The Morgan fingerprint density at radius 1 is 1.11 bits per heavy atom. The van der Waals surface area contributed by atoms with Crippen LogP contribution in [0.5, 0.6) is 5.75 Å². The molecule has 2 N–H and O–H groups in total. The van der Waals surface area contributed by atoms with Gasteiger partial charge in [-0.3, -0.25) is 4.90 Å². The Kier molecular flexibility index (Phi) is 5.98. The molecule has 2 aromatic heterocycles. The number of pyridine rings is 1. The van der Waals surface area contributed by atoms with E-state index in [2.05, 4.69) is 20.9 Å². The van der Waals surface area contributed by atoms with Crippen LogP contribution in [0.1, 0.15) is 31.2 Å². The second kappa shape index (κ2) is 9.18. The Hall–Kier alpha value is -2.94. The highest BCUT2D eigenvalue weighted by molar-refractivity contribution is 7.92. The Morgan fingerprint density at radius 3 is 2.69 bits per heavy atom. The lowest BCUT2D eigenvalue weighted by Gasteiger charge is -2.29. The Balaban J connectivity index is 1.38. The van der Waals surface area contributed by atoms with E-state index in [-0.39, 0.29) is 11.4 Å². The van der Waals surface area contributed by atoms with Crippen molar-refractivity contribution in [1.82, 2.24) is 14.9 Å². The van der Waals surface area contributed by atoms with Crippen molar-refractivity contribution in [3.8, 4) is 16.9 Å². The number of aliphatic hydroxyl groups excluding tert-OH is 1. The number of aromatic nitrogens is 2. The normalized spacial score (nSPS) is 17.7. The van der Waals surface area contributed by atoms with E-state index < -0.39 is 9.84 Å². The van der Waals surface area contributed by atoms with Crippen molar-refractivity contribution in [1.29, 1.82) is 0 Å². The highest BCUT2D eigenvalue weighted by Gasteiger charge is 2.37. The molecule has 188 valence electrons. The maximum absolute atomic E-state index is 12.9. The van der Waals surface area contributed by atoms with Crippen LogP contribution in [0.4, 0.5) is 0 Å². The van der Waals surface area contributed by atoms with Crippen molar-refractivity contribution >= 4 is 31.8 Å². The predicted molar refractivity (Wildman–Crippen MR) is 141 cm³/mol. The third-order valence-electron chi connectivity index (χ3n) is 7.36. The van der Waals surface area contributed by atoms with Crippen LogP contribution in [0.25, 0.3) is 33.1 Å². The molecule has 0 bridgehead atoms. The molecule has 2 fully saturated rings. The molecule has 6 rings (SSSR count). The standard InChI is InChI=1S/C28H31N3O4S/c1-18-15-24-26-23(19-3-2-4-22(16-19)36(33,34)21-5-6-21)7-8-25(27(26)30-28(24)29-17-18)35-14-13-31-11-9-20(32)10-12-31/h2-4,7-8,15-17,20-21,32H,5-6,9-14H2,1H3,(H,29,30). The van der Waals surface area contributed by atoms with Crippen molar-refractivity contribution < 1.29 is 18.3 Å². The van der Waals surface area contributed by atoms with Crippen molar-refractivity contribution in [3.63, 3.8) is 0 Å². The van der Waals surface area contributed by atoms with Gasteiger partial charge in [-0.2, -0.15) is 0 Å². The number of H-pyrrole nitrogens is 1. The van der Waals surface area contributed by atoms with Crippen molar-refractivity contribution in [2.45, 2.75) is 48.9 Å². The Morgan fingerprint density at radius 2 is 1.92 bits per heavy atom. The summed E-state index contributed by atoms with van der Waals surface area (Å²) in [6.45, 7) is 5.13. The molecular formula is C28H31N3O4S. The van der Waals surface area contributed by atoms with Gasteiger partial charge in [-0.25, -0.2) is 13.4 Å². The predicted octanol–water partition coefficient (Wildman–Crippen LogP) is 4.46. The number of aliphatic hydroxyl groups is 1. The van der Waals surface area contributed by atoms with Crippen molar-refractivity contribution in [2.75, 3.05) is 26.2 Å². The summed E-state index contributed by atoms with van der Waals surface area (Å²) in [5, 5.41) is 11.5. The summed E-state index contributed by atoms with van der Waals surface area (Å²) in [5.74, 6) is 0.753. The summed E-state index contributed by atoms with van der Waals surface area (Å²) in [7, 11) is -3.28. The van der Waals surface area contributed by atoms with E-state index in [1.54, 1.807) is 12.1 Å². The van der Waals surface area contributed by atoms with Crippen LogP contribution in [0, 0.1) is 6.92 Å². The second-order valence-electron chi connectivity index (χ2n) is 10.1. The largest absolute Gasteiger partial charge is 0.490 e. The fraction of sp³-hybridized carbons (Fsp3) is 0.393. The number of nitrogens with zero attached hydrogens (tertiary/aromatic N) is 2. The number of rotatable bonds is 7. The number of aromatic amines is 1. The van der Waals surface area contributed by atoms with Gasteiger partial charge in [-0.15, -0.1) is 0 Å². The Bertz CT molecular complexity index is 1530. The molecule has 0 spiro atoms. The number of aryl methyl sites for hydroxylation is 1. The van der Waals surface area contributed by atoms with E-state index in [0.717, 1.165) is 89.7 Å². The molecule has 4 aromatic rings. The molecule has 1 aliphatic carbocycles. The number of benzene rings is 2.